The van der Waals surface area contributed by atoms with Crippen molar-refractivity contribution in [2.45, 2.75) is 131 Å². The molecule has 5 nitrogen and oxygen atoms in total. The predicted molar refractivity (Wildman–Crippen MR) is 309 cm³/mol. The van der Waals surface area contributed by atoms with E-state index in [1.807, 2.05) is 24.4 Å². The third-order valence-electron chi connectivity index (χ3n) is 14.5. The van der Waals surface area contributed by atoms with Crippen LogP contribution >= 0.6 is 0 Å². The maximum Gasteiger partial charge on any atom is 0.135 e. The third-order valence-corrected chi connectivity index (χ3v) is 14.5. The van der Waals surface area contributed by atoms with Crippen LogP contribution in [0.2, 0.25) is 0 Å². The summed E-state index contributed by atoms with van der Waals surface area (Å²) < 4.78 is 8.94. The average molecular weight is 1160 g/mol. The van der Waals surface area contributed by atoms with E-state index in [0.717, 1.165) is 50.4 Å². The van der Waals surface area contributed by atoms with Crippen LogP contribution in [0.25, 0.3) is 49.9 Å². The van der Waals surface area contributed by atoms with E-state index in [-0.39, 0.29) is 48.1 Å². The maximum atomic E-state index is 6.74. The number of benzene rings is 7. The summed E-state index contributed by atoms with van der Waals surface area (Å²) in [6.07, 6.45) is 1.91. The van der Waals surface area contributed by atoms with Crippen molar-refractivity contribution in [2.75, 3.05) is 9.80 Å². The van der Waals surface area contributed by atoms with Gasteiger partial charge in [0.05, 0.1) is 0 Å². The minimum atomic E-state index is -0.0455. The minimum Gasteiger partial charge on any atom is -0.509 e. The normalized spacial score (nSPS) is 13.4. The van der Waals surface area contributed by atoms with Crippen molar-refractivity contribution < 1.29 is 25.8 Å². The van der Waals surface area contributed by atoms with Crippen LogP contribution in [-0.4, -0.2) is 9.55 Å². The summed E-state index contributed by atoms with van der Waals surface area (Å²) in [7, 11) is 0. The fourth-order valence-electron chi connectivity index (χ4n) is 9.89. The van der Waals surface area contributed by atoms with Crippen LogP contribution in [0.3, 0.4) is 0 Å². The number of ether oxygens (including phenoxy) is 1. The molecule has 0 bridgehead atoms. The Balaban J connectivity index is 0.00000672. The second-order valence-electron chi connectivity index (χ2n) is 25.3. The molecule has 0 unspecified atom stereocenters. The van der Waals surface area contributed by atoms with Gasteiger partial charge in [-0.2, -0.15) is 12.1 Å². The molecule has 1 aliphatic rings. The van der Waals surface area contributed by atoms with Crippen LogP contribution in [-0.2, 0) is 48.1 Å². The fraction of sp³-hybridized carbons (Fsp3) is 0.294. The van der Waals surface area contributed by atoms with Crippen molar-refractivity contribution in [3.8, 4) is 39.6 Å². The fourth-order valence-corrected chi connectivity index (χ4v) is 9.89. The molecule has 0 fully saturated rings. The molecule has 0 saturated carbocycles. The van der Waals surface area contributed by atoms with Gasteiger partial charge in [0, 0.05) is 66.9 Å². The maximum absolute atomic E-state index is 6.74. The zero-order valence-electron chi connectivity index (χ0n) is 46.0. The first-order chi connectivity index (χ1) is 34.3. The first-order valence-corrected chi connectivity index (χ1v) is 25.9. The van der Waals surface area contributed by atoms with Crippen LogP contribution in [0.4, 0.5) is 22.7 Å². The Morgan fingerprint density at radius 2 is 0.986 bits per heavy atom. The Hall–Kier alpha value is -6.42. The molecular formula is C68H71N4OPt-3. The standard InChI is InChI=1S/C68H71N4O.Pt/c1-64(2,3)47-31-32-69-63(40-47)72-58-24-17-16-23-56(58)57-30-28-54(42-62(57)72)73-53-22-20-21-52(41-53)70-43-71(60-26-19-18-25-59(60)70)61-37-44(45-33-48(65(4,5)6)38-49(34-45)66(7,8)9)27-29-55(61)46-35-50(67(10,11)12)39-51(36-46)68(13,14)15;/h16-40,43H,1-15H3;/q-3;. The summed E-state index contributed by atoms with van der Waals surface area (Å²) in [6, 6.07) is 60.6. The van der Waals surface area contributed by atoms with E-state index in [0.29, 0.717) is 11.5 Å². The minimum absolute atomic E-state index is 0. The van der Waals surface area contributed by atoms with Crippen molar-refractivity contribution in [1.29, 1.82) is 0 Å². The van der Waals surface area contributed by atoms with Gasteiger partial charge in [0.15, 0.2) is 0 Å². The van der Waals surface area contributed by atoms with Crippen molar-refractivity contribution in [3.05, 3.63) is 198 Å². The van der Waals surface area contributed by atoms with E-state index < -0.39 is 0 Å². The molecule has 382 valence electrons. The molecule has 0 atom stereocenters. The molecule has 0 aliphatic carbocycles. The van der Waals surface area contributed by atoms with Gasteiger partial charge in [0.1, 0.15) is 5.82 Å². The van der Waals surface area contributed by atoms with Crippen LogP contribution in [0.5, 0.6) is 11.5 Å². The summed E-state index contributed by atoms with van der Waals surface area (Å²) in [5, 5.41) is 2.23. The molecule has 6 heteroatoms. The quantitative estimate of drug-likeness (QED) is 0.149. The molecule has 0 N–H and O–H groups in total. The number of anilines is 4. The van der Waals surface area contributed by atoms with Crippen molar-refractivity contribution in [1.82, 2.24) is 9.55 Å². The van der Waals surface area contributed by atoms with Crippen molar-refractivity contribution in [3.63, 3.8) is 0 Å². The van der Waals surface area contributed by atoms with Gasteiger partial charge in [-0.05, 0) is 113 Å². The molecule has 7 aromatic carbocycles. The number of aromatic nitrogens is 2. The second kappa shape index (κ2) is 19.1. The number of fused-ring (bicyclic) bond motifs is 4. The van der Waals surface area contributed by atoms with E-state index in [1.54, 1.807) is 0 Å². The van der Waals surface area contributed by atoms with Crippen LogP contribution < -0.4 is 14.5 Å². The Bertz CT molecular complexity index is 3500. The van der Waals surface area contributed by atoms with E-state index in [2.05, 4.69) is 264 Å². The number of para-hydroxylation sites is 3. The summed E-state index contributed by atoms with van der Waals surface area (Å²) in [4.78, 5) is 9.50. The smallest absolute Gasteiger partial charge is 0.135 e. The molecule has 1 aliphatic heterocycles. The summed E-state index contributed by atoms with van der Waals surface area (Å²) in [5.41, 5.74) is 17.2. The zero-order valence-corrected chi connectivity index (χ0v) is 48.3. The number of hydrogen-bond acceptors (Lipinski definition) is 4. The first-order valence-electron chi connectivity index (χ1n) is 25.9. The Morgan fingerprint density at radius 1 is 0.432 bits per heavy atom. The van der Waals surface area contributed by atoms with Gasteiger partial charge < -0.3 is 19.1 Å². The topological polar surface area (TPSA) is 33.5 Å². The van der Waals surface area contributed by atoms with Gasteiger partial charge in [-0.3, -0.25) is 0 Å². The number of pyridine rings is 1. The molecule has 0 radical (unpaired) electrons. The molecule has 10 rings (SSSR count). The van der Waals surface area contributed by atoms with Gasteiger partial charge in [-0.1, -0.05) is 188 Å². The van der Waals surface area contributed by atoms with E-state index in [9.17, 15) is 0 Å². The monoisotopic (exact) mass is 1150 g/mol. The predicted octanol–water partition coefficient (Wildman–Crippen LogP) is 18.8. The number of rotatable bonds is 7. The number of hydrogen-bond donors (Lipinski definition) is 0. The van der Waals surface area contributed by atoms with Crippen molar-refractivity contribution >= 4 is 44.6 Å². The van der Waals surface area contributed by atoms with E-state index >= 15 is 0 Å². The third kappa shape index (κ3) is 10.2. The second-order valence-corrected chi connectivity index (χ2v) is 25.3. The van der Waals surface area contributed by atoms with Gasteiger partial charge in [-0.15, -0.1) is 48.1 Å². The Labute approximate surface area is 455 Å². The molecule has 0 spiro atoms. The first kappa shape index (κ1) is 52.4. The van der Waals surface area contributed by atoms with Crippen LogP contribution in [0.1, 0.15) is 132 Å². The molecule has 3 heterocycles. The van der Waals surface area contributed by atoms with Crippen LogP contribution in [0, 0.1) is 18.8 Å². The Morgan fingerprint density at radius 3 is 1.59 bits per heavy atom. The van der Waals surface area contributed by atoms with E-state index in [1.165, 1.54) is 50.1 Å². The molecule has 9 aromatic rings. The molecule has 2 aromatic heterocycles. The van der Waals surface area contributed by atoms with Gasteiger partial charge in [0.25, 0.3) is 0 Å². The summed E-state index contributed by atoms with van der Waals surface area (Å²) in [5.74, 6) is 2.05. The molecular weight excluding hydrogens is 1080 g/mol. The Kier molecular flexibility index (Phi) is 13.5. The largest absolute Gasteiger partial charge is 0.509 e. The number of nitrogens with zero attached hydrogens (tertiary/aromatic N) is 4. The molecule has 0 saturated heterocycles. The van der Waals surface area contributed by atoms with Crippen molar-refractivity contribution in [2.24, 2.45) is 0 Å². The summed E-state index contributed by atoms with van der Waals surface area (Å²) in [6.45, 7) is 36.7. The van der Waals surface area contributed by atoms with E-state index in [4.69, 9.17) is 9.72 Å². The molecule has 74 heavy (non-hydrogen) atoms. The SMILES string of the molecule is CC(C)(C)c1cc(-c2ccc(-c3cc(C(C)(C)C)cc(C(C)(C)C)c3)c(N3[CH-]N(c4[c-]c(Oc5[c-]c6c(cc5)c5ccccc5n6-c5cc(C(C)(C)C)ccn5)ccc4)c4ccccc43)c2)cc(C(C)(C)C)c1.[Pt]. The summed E-state index contributed by atoms with van der Waals surface area (Å²) >= 11 is 0. The van der Waals surface area contributed by atoms with Crippen LogP contribution in [0.15, 0.2) is 152 Å². The molecule has 0 amide bonds. The van der Waals surface area contributed by atoms with Gasteiger partial charge in [0.2, 0.25) is 0 Å². The zero-order chi connectivity index (χ0) is 52.0. The average Bonchev–Trinajstić information content (AvgIpc) is 3.88. The van der Waals surface area contributed by atoms with Gasteiger partial charge in [-0.25, -0.2) is 4.98 Å². The van der Waals surface area contributed by atoms with Gasteiger partial charge >= 0.3 is 0 Å².